The SMILES string of the molecule is CSc1cccc(F)c1OC(C)=O. The van der Waals surface area contributed by atoms with Gasteiger partial charge in [-0.25, -0.2) is 4.39 Å². The molecule has 0 amide bonds. The largest absolute Gasteiger partial charge is 0.422 e. The van der Waals surface area contributed by atoms with E-state index in [1.54, 1.807) is 18.4 Å². The molecule has 0 aliphatic carbocycles. The molecule has 1 aromatic carbocycles. The normalized spacial score (nSPS) is 9.77. The third-order valence-electron chi connectivity index (χ3n) is 1.40. The van der Waals surface area contributed by atoms with Gasteiger partial charge in [0.2, 0.25) is 0 Å². The van der Waals surface area contributed by atoms with E-state index in [1.165, 1.54) is 24.8 Å². The van der Waals surface area contributed by atoms with Crippen LogP contribution in [0.1, 0.15) is 6.92 Å². The summed E-state index contributed by atoms with van der Waals surface area (Å²) in [5, 5.41) is 0. The first-order chi connectivity index (χ1) is 6.15. The average molecular weight is 200 g/mol. The molecule has 0 saturated heterocycles. The van der Waals surface area contributed by atoms with E-state index in [4.69, 9.17) is 4.74 Å². The Morgan fingerprint density at radius 2 is 2.23 bits per heavy atom. The predicted molar refractivity (Wildman–Crippen MR) is 49.5 cm³/mol. The molecule has 0 aliphatic heterocycles. The highest BCUT2D eigenvalue weighted by Gasteiger charge is 2.10. The second-order valence-corrected chi connectivity index (χ2v) is 3.21. The number of halogens is 1. The number of thioether (sulfide) groups is 1. The number of hydrogen-bond donors (Lipinski definition) is 0. The minimum absolute atomic E-state index is 0.0162. The lowest BCUT2D eigenvalue weighted by atomic mass is 10.3. The summed E-state index contributed by atoms with van der Waals surface area (Å²) in [5.41, 5.74) is 0. The lowest BCUT2D eigenvalue weighted by Crippen LogP contribution is -2.04. The Labute approximate surface area is 80.1 Å². The highest BCUT2D eigenvalue weighted by Crippen LogP contribution is 2.30. The first kappa shape index (κ1) is 10.1. The Kier molecular flexibility index (Phi) is 3.31. The molecular weight excluding hydrogens is 191 g/mol. The van der Waals surface area contributed by atoms with Crippen molar-refractivity contribution in [3.8, 4) is 5.75 Å². The third kappa shape index (κ3) is 2.45. The zero-order valence-electron chi connectivity index (χ0n) is 7.33. The topological polar surface area (TPSA) is 26.3 Å². The molecule has 1 rings (SSSR count). The molecule has 2 nitrogen and oxygen atoms in total. The lowest BCUT2D eigenvalue weighted by Gasteiger charge is -2.06. The summed E-state index contributed by atoms with van der Waals surface area (Å²) >= 11 is 1.33. The van der Waals surface area contributed by atoms with Gasteiger partial charge >= 0.3 is 5.97 Å². The van der Waals surface area contributed by atoms with Crippen LogP contribution in [0.4, 0.5) is 4.39 Å². The van der Waals surface area contributed by atoms with Crippen molar-refractivity contribution >= 4 is 17.7 Å². The zero-order chi connectivity index (χ0) is 9.84. The Bertz CT molecular complexity index is 325. The van der Waals surface area contributed by atoms with Crippen LogP contribution >= 0.6 is 11.8 Å². The fourth-order valence-electron chi connectivity index (χ4n) is 0.893. The predicted octanol–water partition coefficient (Wildman–Crippen LogP) is 2.47. The van der Waals surface area contributed by atoms with E-state index in [0.29, 0.717) is 4.90 Å². The summed E-state index contributed by atoms with van der Waals surface area (Å²) in [4.78, 5) is 11.3. The van der Waals surface area contributed by atoms with Gasteiger partial charge in [-0.2, -0.15) is 0 Å². The van der Waals surface area contributed by atoms with Crippen molar-refractivity contribution in [1.82, 2.24) is 0 Å². The van der Waals surface area contributed by atoms with E-state index < -0.39 is 11.8 Å². The van der Waals surface area contributed by atoms with Crippen molar-refractivity contribution in [3.05, 3.63) is 24.0 Å². The number of ether oxygens (including phenoxy) is 1. The van der Waals surface area contributed by atoms with Crippen LogP contribution in [0.15, 0.2) is 23.1 Å². The highest BCUT2D eigenvalue weighted by molar-refractivity contribution is 7.98. The van der Waals surface area contributed by atoms with Gasteiger partial charge < -0.3 is 4.74 Å². The molecule has 0 spiro atoms. The van der Waals surface area contributed by atoms with Gasteiger partial charge in [0.25, 0.3) is 0 Å². The first-order valence-corrected chi connectivity index (χ1v) is 4.88. The van der Waals surface area contributed by atoms with Gasteiger partial charge in [0.15, 0.2) is 11.6 Å². The van der Waals surface area contributed by atoms with Crippen LogP contribution in [0.5, 0.6) is 5.75 Å². The number of carbonyl (C=O) groups excluding carboxylic acids is 1. The van der Waals surface area contributed by atoms with Crippen LogP contribution in [-0.2, 0) is 4.79 Å². The first-order valence-electron chi connectivity index (χ1n) is 3.66. The molecule has 0 fully saturated rings. The quantitative estimate of drug-likeness (QED) is 0.417. The van der Waals surface area contributed by atoms with Crippen molar-refractivity contribution in [1.29, 1.82) is 0 Å². The Morgan fingerprint density at radius 3 is 2.77 bits per heavy atom. The van der Waals surface area contributed by atoms with Crippen molar-refractivity contribution in [2.75, 3.05) is 6.26 Å². The number of benzene rings is 1. The Balaban J connectivity index is 3.07. The maximum atomic E-state index is 13.1. The second-order valence-electron chi connectivity index (χ2n) is 2.36. The number of para-hydroxylation sites is 1. The summed E-state index contributed by atoms with van der Waals surface area (Å²) in [5.74, 6) is -1.01. The van der Waals surface area contributed by atoms with E-state index in [2.05, 4.69) is 0 Å². The number of hydrogen-bond acceptors (Lipinski definition) is 3. The van der Waals surface area contributed by atoms with Gasteiger partial charge in [-0.05, 0) is 18.4 Å². The minimum atomic E-state index is -0.514. The molecule has 0 atom stereocenters. The van der Waals surface area contributed by atoms with Gasteiger partial charge in [-0.3, -0.25) is 4.79 Å². The molecule has 0 heterocycles. The maximum Gasteiger partial charge on any atom is 0.308 e. The fraction of sp³-hybridized carbons (Fsp3) is 0.222. The van der Waals surface area contributed by atoms with E-state index in [9.17, 15) is 9.18 Å². The molecule has 4 heteroatoms. The second kappa shape index (κ2) is 4.28. The summed E-state index contributed by atoms with van der Waals surface area (Å²) in [6, 6.07) is 4.54. The van der Waals surface area contributed by atoms with Gasteiger partial charge in [-0.1, -0.05) is 6.07 Å². The molecule has 0 N–H and O–H groups in total. The Hall–Kier alpha value is -1.03. The molecule has 0 saturated carbocycles. The van der Waals surface area contributed by atoms with Crippen LogP contribution in [0.25, 0.3) is 0 Å². The summed E-state index contributed by atoms with van der Waals surface area (Å²) in [7, 11) is 0. The van der Waals surface area contributed by atoms with Crippen molar-refractivity contribution in [2.45, 2.75) is 11.8 Å². The number of esters is 1. The van der Waals surface area contributed by atoms with Gasteiger partial charge in [0.1, 0.15) is 0 Å². The smallest absolute Gasteiger partial charge is 0.308 e. The average Bonchev–Trinajstić information content (AvgIpc) is 2.08. The van der Waals surface area contributed by atoms with Crippen LogP contribution in [-0.4, -0.2) is 12.2 Å². The third-order valence-corrected chi connectivity index (χ3v) is 2.16. The van der Waals surface area contributed by atoms with E-state index in [0.717, 1.165) is 0 Å². The molecule has 0 unspecified atom stereocenters. The maximum absolute atomic E-state index is 13.1. The molecule has 1 aromatic rings. The molecule has 0 aromatic heterocycles. The van der Waals surface area contributed by atoms with Gasteiger partial charge in [0, 0.05) is 6.92 Å². The molecule has 13 heavy (non-hydrogen) atoms. The molecule has 0 aliphatic rings. The van der Waals surface area contributed by atoms with Crippen molar-refractivity contribution in [2.24, 2.45) is 0 Å². The van der Waals surface area contributed by atoms with E-state index in [-0.39, 0.29) is 5.75 Å². The molecule has 0 radical (unpaired) electrons. The van der Waals surface area contributed by atoms with Gasteiger partial charge in [-0.15, -0.1) is 11.8 Å². The van der Waals surface area contributed by atoms with Crippen molar-refractivity contribution in [3.63, 3.8) is 0 Å². The van der Waals surface area contributed by atoms with Gasteiger partial charge in [0.05, 0.1) is 4.90 Å². The van der Waals surface area contributed by atoms with Crippen LogP contribution < -0.4 is 4.74 Å². The number of carbonyl (C=O) groups is 1. The Morgan fingerprint density at radius 1 is 1.54 bits per heavy atom. The fourth-order valence-corrected chi connectivity index (χ4v) is 1.43. The van der Waals surface area contributed by atoms with Crippen LogP contribution in [0.3, 0.4) is 0 Å². The summed E-state index contributed by atoms with van der Waals surface area (Å²) < 4.78 is 17.8. The molecule has 0 bridgehead atoms. The van der Waals surface area contributed by atoms with E-state index >= 15 is 0 Å². The van der Waals surface area contributed by atoms with Crippen LogP contribution in [0, 0.1) is 5.82 Å². The lowest BCUT2D eigenvalue weighted by molar-refractivity contribution is -0.132. The monoisotopic (exact) mass is 200 g/mol. The van der Waals surface area contributed by atoms with E-state index in [1.807, 2.05) is 0 Å². The minimum Gasteiger partial charge on any atom is -0.422 e. The van der Waals surface area contributed by atoms with Crippen molar-refractivity contribution < 1.29 is 13.9 Å². The van der Waals surface area contributed by atoms with Crippen LogP contribution in [0.2, 0.25) is 0 Å². The highest BCUT2D eigenvalue weighted by atomic mass is 32.2. The molecule has 70 valence electrons. The standard InChI is InChI=1S/C9H9FO2S/c1-6(11)12-9-7(10)4-3-5-8(9)13-2/h3-5H,1-2H3. The zero-order valence-corrected chi connectivity index (χ0v) is 8.15. The number of rotatable bonds is 2. The summed E-state index contributed by atoms with van der Waals surface area (Å²) in [6.45, 7) is 1.25. The molecular formula is C9H9FO2S. The summed E-state index contributed by atoms with van der Waals surface area (Å²) in [6.07, 6.45) is 1.79.